The van der Waals surface area contributed by atoms with E-state index in [-0.39, 0.29) is 18.0 Å². The number of aliphatic hydroxyl groups excluding tert-OH is 1. The fourth-order valence-electron chi connectivity index (χ4n) is 2.98. The van der Waals surface area contributed by atoms with E-state index in [0.717, 1.165) is 32.2 Å². The van der Waals surface area contributed by atoms with E-state index in [1.165, 1.54) is 12.1 Å². The minimum absolute atomic E-state index is 0.165. The number of hydrogen-bond acceptors (Lipinski definition) is 5. The van der Waals surface area contributed by atoms with Crippen LogP contribution in [0.5, 0.6) is 5.75 Å². The van der Waals surface area contributed by atoms with Gasteiger partial charge in [-0.1, -0.05) is 6.92 Å². The van der Waals surface area contributed by atoms with Crippen molar-refractivity contribution in [1.82, 2.24) is 14.8 Å². The Balaban J connectivity index is 1.61. The maximum absolute atomic E-state index is 13.0. The minimum Gasteiger partial charge on any atom is -0.488 e. The Morgan fingerprint density at radius 3 is 2.88 bits per heavy atom. The second-order valence-electron chi connectivity index (χ2n) is 6.11. The van der Waals surface area contributed by atoms with Crippen molar-refractivity contribution < 1.29 is 14.2 Å². The highest BCUT2D eigenvalue weighted by Crippen LogP contribution is 2.26. The van der Waals surface area contributed by atoms with Crippen LogP contribution in [0.1, 0.15) is 32.6 Å². The zero-order valence-electron chi connectivity index (χ0n) is 13.7. The van der Waals surface area contributed by atoms with Crippen molar-refractivity contribution in [3.8, 4) is 5.75 Å². The Morgan fingerprint density at radius 2 is 2.12 bits per heavy atom. The third kappa shape index (κ3) is 4.03. The largest absolute Gasteiger partial charge is 0.488 e. The van der Waals surface area contributed by atoms with Gasteiger partial charge in [0, 0.05) is 6.54 Å². The van der Waals surface area contributed by atoms with Gasteiger partial charge in [-0.3, -0.25) is 4.68 Å². The zero-order valence-corrected chi connectivity index (χ0v) is 13.7. The molecule has 0 radical (unpaired) electrons. The molecule has 0 spiro atoms. The topological polar surface area (TPSA) is 72.2 Å². The van der Waals surface area contributed by atoms with Crippen LogP contribution in [-0.4, -0.2) is 38.1 Å². The predicted octanol–water partition coefficient (Wildman–Crippen LogP) is 2.60. The van der Waals surface area contributed by atoms with Crippen LogP contribution in [0.2, 0.25) is 0 Å². The number of benzene rings is 1. The molecule has 7 heteroatoms. The van der Waals surface area contributed by atoms with Gasteiger partial charge in [-0.05, 0) is 49.9 Å². The first-order valence-corrected chi connectivity index (χ1v) is 8.42. The molecule has 1 fully saturated rings. The molecule has 130 valence electrons. The number of anilines is 1. The summed E-state index contributed by atoms with van der Waals surface area (Å²) in [4.78, 5) is 4.23. The number of hydrogen-bond donors (Lipinski definition) is 2. The second-order valence-corrected chi connectivity index (χ2v) is 6.11. The van der Waals surface area contributed by atoms with E-state index in [4.69, 9.17) is 4.74 Å². The first-order chi connectivity index (χ1) is 11.7. The predicted molar refractivity (Wildman–Crippen MR) is 88.4 cm³/mol. The number of aromatic nitrogens is 3. The van der Waals surface area contributed by atoms with Gasteiger partial charge in [0.25, 0.3) is 0 Å². The van der Waals surface area contributed by atoms with Crippen molar-refractivity contribution in [3.63, 3.8) is 0 Å². The van der Waals surface area contributed by atoms with E-state index in [0.29, 0.717) is 11.7 Å². The van der Waals surface area contributed by atoms with Crippen LogP contribution in [-0.2, 0) is 6.54 Å². The first-order valence-electron chi connectivity index (χ1n) is 8.42. The molecule has 3 atom stereocenters. The molecule has 1 aromatic carbocycles. The average Bonchev–Trinajstić information content (AvgIpc) is 3.01. The Bertz CT molecular complexity index is 646. The highest BCUT2D eigenvalue weighted by atomic mass is 19.1. The third-order valence-corrected chi connectivity index (χ3v) is 4.20. The van der Waals surface area contributed by atoms with Crippen LogP contribution in [0.3, 0.4) is 0 Å². The molecule has 1 saturated carbocycles. The number of ether oxygens (including phenoxy) is 1. The monoisotopic (exact) mass is 334 g/mol. The van der Waals surface area contributed by atoms with Crippen molar-refractivity contribution >= 4 is 5.95 Å². The third-order valence-electron chi connectivity index (χ3n) is 4.20. The zero-order chi connectivity index (χ0) is 16.9. The number of aryl methyl sites for hydroxylation is 1. The lowest BCUT2D eigenvalue weighted by molar-refractivity contribution is -0.00128. The summed E-state index contributed by atoms with van der Waals surface area (Å²) in [6.07, 6.45) is 4.18. The van der Waals surface area contributed by atoms with Gasteiger partial charge in [0.15, 0.2) is 0 Å². The summed E-state index contributed by atoms with van der Waals surface area (Å²) in [5.41, 5.74) is 0. The van der Waals surface area contributed by atoms with E-state index < -0.39 is 6.10 Å². The number of rotatable bonds is 6. The normalized spacial score (nSPS) is 23.9. The molecular weight excluding hydrogens is 311 g/mol. The van der Waals surface area contributed by atoms with E-state index in [1.54, 1.807) is 23.1 Å². The van der Waals surface area contributed by atoms with Crippen LogP contribution < -0.4 is 10.1 Å². The van der Waals surface area contributed by atoms with Gasteiger partial charge in [-0.25, -0.2) is 9.37 Å². The molecular formula is C17H23FN4O2. The lowest BCUT2D eigenvalue weighted by Crippen LogP contribution is -2.48. The first kappa shape index (κ1) is 16.7. The van der Waals surface area contributed by atoms with Crippen molar-refractivity contribution in [2.45, 2.75) is 57.4 Å². The molecule has 0 saturated heterocycles. The molecule has 1 aliphatic carbocycles. The number of aliphatic hydroxyl groups is 1. The van der Waals surface area contributed by atoms with E-state index in [2.05, 4.69) is 22.3 Å². The molecule has 0 unspecified atom stereocenters. The van der Waals surface area contributed by atoms with E-state index >= 15 is 0 Å². The molecule has 2 N–H and O–H groups in total. The standard InChI is InChI=1S/C17H23FN4O2/c1-2-10-22-11-19-17(21-22)20-14-4-3-5-15(16(14)23)24-13-8-6-12(18)7-9-13/h6-9,11,14-16,23H,2-5,10H2,1H3,(H,20,21)/t14-,15+,16+/m0/s1. The van der Waals surface area contributed by atoms with Gasteiger partial charge in [0.2, 0.25) is 5.95 Å². The van der Waals surface area contributed by atoms with Crippen LogP contribution >= 0.6 is 0 Å². The number of halogens is 1. The maximum atomic E-state index is 13.0. The number of nitrogens with zero attached hydrogens (tertiary/aromatic N) is 3. The smallest absolute Gasteiger partial charge is 0.242 e. The molecule has 0 bridgehead atoms. The highest BCUT2D eigenvalue weighted by molar-refractivity contribution is 5.26. The molecule has 1 heterocycles. The lowest BCUT2D eigenvalue weighted by atomic mass is 9.90. The fraction of sp³-hybridized carbons (Fsp3) is 0.529. The molecule has 6 nitrogen and oxygen atoms in total. The van der Waals surface area contributed by atoms with Crippen molar-refractivity contribution in [3.05, 3.63) is 36.4 Å². The van der Waals surface area contributed by atoms with Gasteiger partial charge in [0.05, 0.1) is 6.04 Å². The van der Waals surface area contributed by atoms with Gasteiger partial charge >= 0.3 is 0 Å². The molecule has 1 aliphatic rings. The van der Waals surface area contributed by atoms with Crippen LogP contribution in [0.15, 0.2) is 30.6 Å². The van der Waals surface area contributed by atoms with Crippen molar-refractivity contribution in [2.75, 3.05) is 5.32 Å². The quantitative estimate of drug-likeness (QED) is 0.849. The Hall–Kier alpha value is -2.15. The summed E-state index contributed by atoms with van der Waals surface area (Å²) >= 11 is 0. The molecule has 0 aliphatic heterocycles. The Labute approximate surface area is 140 Å². The molecule has 0 amide bonds. The van der Waals surface area contributed by atoms with Crippen molar-refractivity contribution in [1.29, 1.82) is 0 Å². The second kappa shape index (κ2) is 7.61. The summed E-state index contributed by atoms with van der Waals surface area (Å²) in [6, 6.07) is 5.69. The van der Waals surface area contributed by atoms with Gasteiger partial charge < -0.3 is 15.2 Å². The summed E-state index contributed by atoms with van der Waals surface area (Å²) in [5.74, 6) is 0.779. The van der Waals surface area contributed by atoms with Gasteiger partial charge in [-0.2, -0.15) is 0 Å². The van der Waals surface area contributed by atoms with Crippen LogP contribution in [0, 0.1) is 5.82 Å². The van der Waals surface area contributed by atoms with Gasteiger partial charge in [0.1, 0.15) is 30.1 Å². The SMILES string of the molecule is CCCn1cnc(N[C@H]2CCC[C@@H](Oc3ccc(F)cc3)[C@@H]2O)n1. The van der Waals surface area contributed by atoms with Gasteiger partial charge in [-0.15, -0.1) is 5.10 Å². The van der Waals surface area contributed by atoms with E-state index in [1.807, 2.05) is 0 Å². The van der Waals surface area contributed by atoms with Crippen LogP contribution in [0.25, 0.3) is 0 Å². The molecule has 1 aromatic heterocycles. The highest BCUT2D eigenvalue weighted by Gasteiger charge is 2.34. The number of nitrogens with one attached hydrogen (secondary N) is 1. The molecule has 24 heavy (non-hydrogen) atoms. The van der Waals surface area contributed by atoms with Crippen LogP contribution in [0.4, 0.5) is 10.3 Å². The fourth-order valence-corrected chi connectivity index (χ4v) is 2.98. The van der Waals surface area contributed by atoms with E-state index in [9.17, 15) is 9.50 Å². The molecule has 3 rings (SSSR count). The average molecular weight is 334 g/mol. The summed E-state index contributed by atoms with van der Waals surface area (Å²) in [6.45, 7) is 2.90. The summed E-state index contributed by atoms with van der Waals surface area (Å²) in [7, 11) is 0. The minimum atomic E-state index is -0.679. The molecule has 2 aromatic rings. The maximum Gasteiger partial charge on any atom is 0.242 e. The lowest BCUT2D eigenvalue weighted by Gasteiger charge is -2.35. The Kier molecular flexibility index (Phi) is 5.30. The van der Waals surface area contributed by atoms with Crippen molar-refractivity contribution in [2.24, 2.45) is 0 Å². The summed E-state index contributed by atoms with van der Waals surface area (Å²) in [5, 5.41) is 18.1. The summed E-state index contributed by atoms with van der Waals surface area (Å²) < 4.78 is 20.6. The Morgan fingerprint density at radius 1 is 1.33 bits per heavy atom.